The molecule has 0 saturated carbocycles. The number of amides is 1. The van der Waals surface area contributed by atoms with Crippen molar-refractivity contribution >= 4 is 22.6 Å². The zero-order valence-corrected chi connectivity index (χ0v) is 23.7. The van der Waals surface area contributed by atoms with E-state index in [0.29, 0.717) is 12.0 Å². The van der Waals surface area contributed by atoms with E-state index in [1.54, 1.807) is 0 Å². The van der Waals surface area contributed by atoms with Crippen LogP contribution in [0.15, 0.2) is 65.4 Å². The summed E-state index contributed by atoms with van der Waals surface area (Å²) in [4.78, 5) is 31.9. The van der Waals surface area contributed by atoms with Gasteiger partial charge in [0.15, 0.2) is 0 Å². The molecule has 1 aliphatic heterocycles. The zero-order chi connectivity index (χ0) is 28.1. The largest absolute Gasteiger partial charge is 0.390 e. The number of Topliss-reactive ketones (excluding diaryl/α,β-unsaturated/α-hetero) is 1. The van der Waals surface area contributed by atoms with E-state index in [-0.39, 0.29) is 54.2 Å². The molecule has 8 atom stereocenters. The van der Waals surface area contributed by atoms with Crippen LogP contribution in [0.5, 0.6) is 0 Å². The average molecular weight is 531 g/mol. The molecule has 2 aromatic rings. The van der Waals surface area contributed by atoms with Crippen LogP contribution in [0.4, 0.5) is 0 Å². The molecule has 4 N–H and O–H groups in total. The Kier molecular flexibility index (Phi) is 7.47. The number of ketones is 1. The van der Waals surface area contributed by atoms with Gasteiger partial charge in [-0.1, -0.05) is 61.4 Å². The van der Waals surface area contributed by atoms with Gasteiger partial charge in [-0.3, -0.25) is 9.59 Å². The van der Waals surface area contributed by atoms with Crippen LogP contribution in [0.2, 0.25) is 0 Å². The number of hydrogen-bond donors (Lipinski definition) is 4. The van der Waals surface area contributed by atoms with Gasteiger partial charge >= 0.3 is 0 Å². The summed E-state index contributed by atoms with van der Waals surface area (Å²) in [6.45, 7) is 10.3. The van der Waals surface area contributed by atoms with Crippen LogP contribution in [-0.4, -0.2) is 45.1 Å². The van der Waals surface area contributed by atoms with E-state index in [1.807, 2.05) is 37.4 Å². The van der Waals surface area contributed by atoms with Crippen LogP contribution in [0, 0.1) is 29.1 Å². The maximum Gasteiger partial charge on any atom is 0.235 e. The van der Waals surface area contributed by atoms with Crippen molar-refractivity contribution in [3.8, 4) is 0 Å². The van der Waals surface area contributed by atoms with Crippen molar-refractivity contribution in [2.45, 2.75) is 78.6 Å². The number of carbonyl (C=O) groups is 2. The SMILES string of the molecule is CC1=C(C)[C@H]2[C@H](Cc3c[nH]c4ccccc34)NC(=O)[C@]23C(=O)CC[C@H](O)[C@H](O)/C(C)=C\[C@@H](C)C/C=C\[C@H]3[C@@H]1C. The number of rotatable bonds is 2. The first-order chi connectivity index (χ1) is 18.6. The molecule has 0 unspecified atom stereocenters. The summed E-state index contributed by atoms with van der Waals surface area (Å²) in [5.74, 6) is -0.751. The van der Waals surface area contributed by atoms with Crippen molar-refractivity contribution < 1.29 is 19.8 Å². The number of hydrogen-bond acceptors (Lipinski definition) is 4. The number of carbonyl (C=O) groups excluding carboxylic acids is 2. The van der Waals surface area contributed by atoms with Crippen molar-refractivity contribution in [2.24, 2.45) is 29.1 Å². The Morgan fingerprint density at radius 2 is 1.79 bits per heavy atom. The number of allylic oxidation sites excluding steroid dienone is 4. The number of fused-ring (bicyclic) bond motifs is 1. The van der Waals surface area contributed by atoms with E-state index in [4.69, 9.17) is 0 Å². The Hall–Kier alpha value is -2.96. The standard InChI is InChI=1S/C33H42N2O4/c1-18-9-8-11-25-21(4)20(3)22(5)30-27(16-23-17-34-26-12-7-6-10-24(23)26)35-32(39)33(25,30)29(37)14-13-28(36)31(38)19(2)15-18/h6-8,10-12,15,17-18,21,25,27-28,30-31,34,36,38H,9,13-14,16H2,1-5H3,(H,35,39)/b11-8-,19-15-/t18-,21+,25-,27-,28-,30-,31+,33+/m0/s1. The van der Waals surface area contributed by atoms with Gasteiger partial charge in [-0.2, -0.15) is 0 Å². The molecular weight excluding hydrogens is 488 g/mol. The minimum atomic E-state index is -1.25. The Bertz CT molecular complexity index is 1370. The summed E-state index contributed by atoms with van der Waals surface area (Å²) in [6.07, 6.45) is 7.62. The second kappa shape index (κ2) is 10.5. The lowest BCUT2D eigenvalue weighted by Crippen LogP contribution is -2.53. The smallest absolute Gasteiger partial charge is 0.235 e. The molecule has 2 aliphatic carbocycles. The van der Waals surface area contributed by atoms with E-state index in [0.717, 1.165) is 28.5 Å². The first kappa shape index (κ1) is 27.6. The van der Waals surface area contributed by atoms with Crippen LogP contribution < -0.4 is 5.32 Å². The van der Waals surface area contributed by atoms with E-state index in [1.165, 1.54) is 5.57 Å². The molecule has 5 rings (SSSR count). The van der Waals surface area contributed by atoms with E-state index < -0.39 is 17.6 Å². The normalized spacial score (nSPS) is 38.1. The predicted molar refractivity (Wildman–Crippen MR) is 154 cm³/mol. The summed E-state index contributed by atoms with van der Waals surface area (Å²) >= 11 is 0. The lowest BCUT2D eigenvalue weighted by molar-refractivity contribution is -0.146. The van der Waals surface area contributed by atoms with Crippen LogP contribution in [0.1, 0.15) is 59.4 Å². The highest BCUT2D eigenvalue weighted by molar-refractivity contribution is 6.09. The molecule has 0 bridgehead atoms. The number of para-hydroxylation sites is 1. The van der Waals surface area contributed by atoms with E-state index in [9.17, 15) is 19.8 Å². The molecule has 1 fully saturated rings. The number of nitrogens with one attached hydrogen (secondary N) is 2. The van der Waals surface area contributed by atoms with Crippen LogP contribution in [0.3, 0.4) is 0 Å². The number of aliphatic hydroxyl groups excluding tert-OH is 2. The van der Waals surface area contributed by atoms with Crippen LogP contribution in [0.25, 0.3) is 10.9 Å². The first-order valence-electron chi connectivity index (χ1n) is 14.3. The fourth-order valence-corrected chi connectivity index (χ4v) is 7.61. The van der Waals surface area contributed by atoms with Gasteiger partial charge in [0.25, 0.3) is 0 Å². The first-order valence-corrected chi connectivity index (χ1v) is 14.3. The Labute approximate surface area is 231 Å². The third-order valence-electron chi connectivity index (χ3n) is 9.89. The van der Waals surface area contributed by atoms with Gasteiger partial charge in [0, 0.05) is 41.4 Å². The Balaban J connectivity index is 1.61. The maximum atomic E-state index is 14.4. The van der Waals surface area contributed by atoms with Gasteiger partial charge in [0.1, 0.15) is 17.3 Å². The highest BCUT2D eigenvalue weighted by atomic mass is 16.3. The minimum absolute atomic E-state index is 0.0206. The second-order valence-corrected chi connectivity index (χ2v) is 12.2. The molecule has 3 aliphatic rings. The lowest BCUT2D eigenvalue weighted by Gasteiger charge is -2.47. The summed E-state index contributed by atoms with van der Waals surface area (Å²) in [7, 11) is 0. The lowest BCUT2D eigenvalue weighted by atomic mass is 9.52. The van der Waals surface area contributed by atoms with Gasteiger partial charge in [-0.05, 0) is 69.1 Å². The molecule has 6 nitrogen and oxygen atoms in total. The predicted octanol–water partition coefficient (Wildman–Crippen LogP) is 5.03. The monoisotopic (exact) mass is 530 g/mol. The van der Waals surface area contributed by atoms with Crippen molar-refractivity contribution in [2.75, 3.05) is 0 Å². The molecule has 1 aromatic heterocycles. The molecule has 0 radical (unpaired) electrons. The average Bonchev–Trinajstić information content (AvgIpc) is 3.45. The Morgan fingerprint density at radius 1 is 1.05 bits per heavy atom. The molecule has 1 spiro atoms. The third kappa shape index (κ3) is 4.52. The number of benzene rings is 1. The molecule has 39 heavy (non-hydrogen) atoms. The second-order valence-electron chi connectivity index (χ2n) is 12.2. The van der Waals surface area contributed by atoms with Gasteiger partial charge in [-0.15, -0.1) is 0 Å². The molecule has 1 aromatic carbocycles. The molecule has 2 heterocycles. The van der Waals surface area contributed by atoms with Gasteiger partial charge in [0.2, 0.25) is 5.91 Å². The van der Waals surface area contributed by atoms with Crippen molar-refractivity contribution in [3.05, 3.63) is 71.0 Å². The van der Waals surface area contributed by atoms with Crippen molar-refractivity contribution in [1.82, 2.24) is 10.3 Å². The topological polar surface area (TPSA) is 102 Å². The number of aliphatic hydroxyl groups is 2. The quantitative estimate of drug-likeness (QED) is 0.323. The third-order valence-corrected chi connectivity index (χ3v) is 9.89. The molecule has 6 heteroatoms. The highest BCUT2D eigenvalue weighted by Gasteiger charge is 2.65. The van der Waals surface area contributed by atoms with Gasteiger partial charge < -0.3 is 20.5 Å². The van der Waals surface area contributed by atoms with Crippen LogP contribution >= 0.6 is 0 Å². The Morgan fingerprint density at radius 3 is 2.56 bits per heavy atom. The molecule has 1 saturated heterocycles. The minimum Gasteiger partial charge on any atom is -0.390 e. The van der Waals surface area contributed by atoms with Crippen molar-refractivity contribution in [1.29, 1.82) is 0 Å². The molecule has 1 amide bonds. The summed E-state index contributed by atoms with van der Waals surface area (Å²) in [5.41, 5.74) is 3.98. The molecular formula is C33H42N2O4. The summed E-state index contributed by atoms with van der Waals surface area (Å²) in [5, 5.41) is 25.9. The fraction of sp³-hybridized carbons (Fsp3) is 0.515. The maximum absolute atomic E-state index is 14.4. The van der Waals surface area contributed by atoms with Crippen molar-refractivity contribution in [3.63, 3.8) is 0 Å². The van der Waals surface area contributed by atoms with Crippen LogP contribution in [-0.2, 0) is 16.0 Å². The number of aromatic nitrogens is 1. The van der Waals surface area contributed by atoms with E-state index >= 15 is 0 Å². The molecule has 208 valence electrons. The fourth-order valence-electron chi connectivity index (χ4n) is 7.61. The zero-order valence-electron chi connectivity index (χ0n) is 23.7. The summed E-state index contributed by atoms with van der Waals surface area (Å²) < 4.78 is 0. The van der Waals surface area contributed by atoms with Gasteiger partial charge in [-0.25, -0.2) is 0 Å². The summed E-state index contributed by atoms with van der Waals surface area (Å²) in [6, 6.07) is 7.92. The number of H-pyrrole nitrogens is 1. The van der Waals surface area contributed by atoms with Gasteiger partial charge in [0.05, 0.1) is 6.10 Å². The number of aromatic amines is 1. The van der Waals surface area contributed by atoms with E-state index in [2.05, 4.69) is 56.2 Å². The highest BCUT2D eigenvalue weighted by Crippen LogP contribution is 2.57.